The van der Waals surface area contributed by atoms with E-state index in [0.29, 0.717) is 0 Å². The van der Waals surface area contributed by atoms with Crippen LogP contribution in [0.1, 0.15) is 0 Å². The maximum Gasteiger partial charge on any atom is 0.471 e. The number of halogens is 3. The second-order valence-electron chi connectivity index (χ2n) is 4.20. The van der Waals surface area contributed by atoms with Gasteiger partial charge in [0.25, 0.3) is 0 Å². The van der Waals surface area contributed by atoms with Crippen LogP contribution in [0.25, 0.3) is 0 Å². The van der Waals surface area contributed by atoms with Crippen molar-refractivity contribution in [2.45, 2.75) is 12.2 Å². The summed E-state index contributed by atoms with van der Waals surface area (Å²) < 4.78 is 35.9. The fourth-order valence-electron chi connectivity index (χ4n) is 2.23. The third-order valence-corrected chi connectivity index (χ3v) is 3.15. The molecule has 0 aliphatic carbocycles. The Kier molecular flexibility index (Phi) is 3.07. The first-order chi connectivity index (χ1) is 7.47. The average molecular weight is 237 g/mol. The lowest BCUT2D eigenvalue weighted by Crippen LogP contribution is -2.63. The predicted octanol–water partition coefficient (Wildman–Crippen LogP) is -0.335. The van der Waals surface area contributed by atoms with E-state index in [2.05, 4.69) is 9.80 Å². The molecule has 7 heteroatoms. The quantitative estimate of drug-likeness (QED) is 0.714. The molecule has 2 bridgehead atoms. The van der Waals surface area contributed by atoms with Gasteiger partial charge in [0.1, 0.15) is 0 Å². The number of fused-ring (bicyclic) bond motifs is 3. The van der Waals surface area contributed by atoms with Gasteiger partial charge < -0.3 is 5.32 Å². The van der Waals surface area contributed by atoms with Crippen LogP contribution in [-0.4, -0.2) is 67.2 Å². The molecule has 0 saturated carbocycles. The number of amides is 1. The van der Waals surface area contributed by atoms with Crippen molar-refractivity contribution < 1.29 is 18.0 Å². The van der Waals surface area contributed by atoms with E-state index in [-0.39, 0.29) is 12.6 Å². The molecule has 0 radical (unpaired) electrons. The molecular formula is C9H14F3N3O. The number of carbonyl (C=O) groups excluding carboxylic acids is 1. The number of piperazine rings is 3. The molecular weight excluding hydrogens is 223 g/mol. The zero-order valence-electron chi connectivity index (χ0n) is 8.76. The van der Waals surface area contributed by atoms with Crippen LogP contribution < -0.4 is 5.32 Å². The van der Waals surface area contributed by atoms with Gasteiger partial charge in [0, 0.05) is 45.3 Å². The SMILES string of the molecule is O=C(NCC1CN2CCN1CC2)C(F)(F)F. The first-order valence-electron chi connectivity index (χ1n) is 5.28. The summed E-state index contributed by atoms with van der Waals surface area (Å²) in [7, 11) is 0. The van der Waals surface area contributed by atoms with E-state index in [9.17, 15) is 18.0 Å². The van der Waals surface area contributed by atoms with Crippen LogP contribution in [0.3, 0.4) is 0 Å². The van der Waals surface area contributed by atoms with Crippen molar-refractivity contribution in [1.82, 2.24) is 15.1 Å². The molecule has 4 nitrogen and oxygen atoms in total. The largest absolute Gasteiger partial charge is 0.471 e. The Hall–Kier alpha value is -0.820. The summed E-state index contributed by atoms with van der Waals surface area (Å²) in [6.45, 7) is 4.54. The molecule has 0 aromatic rings. The minimum atomic E-state index is -4.77. The Balaban J connectivity index is 1.81. The predicted molar refractivity (Wildman–Crippen MR) is 50.9 cm³/mol. The fraction of sp³-hybridized carbons (Fsp3) is 0.889. The number of nitrogens with zero attached hydrogens (tertiary/aromatic N) is 2. The molecule has 16 heavy (non-hydrogen) atoms. The van der Waals surface area contributed by atoms with Crippen molar-refractivity contribution in [2.75, 3.05) is 39.3 Å². The van der Waals surface area contributed by atoms with Gasteiger partial charge in [-0.1, -0.05) is 0 Å². The van der Waals surface area contributed by atoms with Crippen LogP contribution in [-0.2, 0) is 4.79 Å². The van der Waals surface area contributed by atoms with Gasteiger partial charge in [-0.05, 0) is 0 Å². The summed E-state index contributed by atoms with van der Waals surface area (Å²) in [5, 5.41) is 1.94. The Morgan fingerprint density at radius 3 is 2.31 bits per heavy atom. The topological polar surface area (TPSA) is 35.6 Å². The molecule has 0 aromatic carbocycles. The number of carbonyl (C=O) groups is 1. The summed E-state index contributed by atoms with van der Waals surface area (Å²) in [5.41, 5.74) is 0. The minimum absolute atomic E-state index is 0.0220. The molecule has 3 aliphatic rings. The van der Waals surface area contributed by atoms with Crippen molar-refractivity contribution in [3.63, 3.8) is 0 Å². The van der Waals surface area contributed by atoms with Crippen molar-refractivity contribution >= 4 is 5.91 Å². The molecule has 0 spiro atoms. The lowest BCUT2D eigenvalue weighted by molar-refractivity contribution is -0.174. The second-order valence-corrected chi connectivity index (χ2v) is 4.20. The lowest BCUT2D eigenvalue weighted by Gasteiger charge is -2.47. The Morgan fingerprint density at radius 1 is 1.25 bits per heavy atom. The highest BCUT2D eigenvalue weighted by Gasteiger charge is 2.39. The van der Waals surface area contributed by atoms with E-state index < -0.39 is 12.1 Å². The highest BCUT2D eigenvalue weighted by atomic mass is 19.4. The molecule has 3 heterocycles. The first-order valence-corrected chi connectivity index (χ1v) is 5.28. The third-order valence-electron chi connectivity index (χ3n) is 3.15. The first kappa shape index (κ1) is 11.7. The van der Waals surface area contributed by atoms with E-state index in [1.54, 1.807) is 0 Å². The van der Waals surface area contributed by atoms with Gasteiger partial charge in [-0.15, -0.1) is 0 Å². The number of alkyl halides is 3. The monoisotopic (exact) mass is 237 g/mol. The summed E-state index contributed by atoms with van der Waals surface area (Å²) >= 11 is 0. The standard InChI is InChI=1S/C9H14F3N3O/c10-9(11,12)8(16)13-5-7-6-14-1-3-15(7)4-2-14/h7H,1-6H2,(H,13,16). The van der Waals surface area contributed by atoms with Gasteiger partial charge in [0.15, 0.2) is 0 Å². The molecule has 3 aliphatic heterocycles. The minimum Gasteiger partial charge on any atom is -0.347 e. The van der Waals surface area contributed by atoms with Crippen LogP contribution in [0.4, 0.5) is 13.2 Å². The van der Waals surface area contributed by atoms with Crippen LogP contribution >= 0.6 is 0 Å². The van der Waals surface area contributed by atoms with E-state index in [0.717, 1.165) is 32.7 Å². The molecule has 1 atom stereocenters. The number of nitrogens with one attached hydrogen (secondary N) is 1. The summed E-state index contributed by atoms with van der Waals surface area (Å²) in [4.78, 5) is 15.0. The van der Waals surface area contributed by atoms with E-state index in [4.69, 9.17) is 0 Å². The van der Waals surface area contributed by atoms with Crippen LogP contribution in [0, 0.1) is 0 Å². The second kappa shape index (κ2) is 4.21. The van der Waals surface area contributed by atoms with Crippen molar-refractivity contribution in [3.05, 3.63) is 0 Å². The lowest BCUT2D eigenvalue weighted by atomic mass is 10.1. The van der Waals surface area contributed by atoms with Gasteiger partial charge >= 0.3 is 12.1 Å². The maximum atomic E-state index is 12.0. The summed E-state index contributed by atoms with van der Waals surface area (Å²) in [6, 6.07) is 0.0220. The highest BCUT2D eigenvalue weighted by molar-refractivity contribution is 5.81. The Bertz CT molecular complexity index is 274. The van der Waals surface area contributed by atoms with Crippen molar-refractivity contribution in [1.29, 1.82) is 0 Å². The normalized spacial score (nSPS) is 33.8. The molecule has 3 fully saturated rings. The van der Waals surface area contributed by atoms with E-state index in [1.807, 2.05) is 5.32 Å². The molecule has 3 saturated heterocycles. The average Bonchev–Trinajstić information content (AvgIpc) is 2.26. The molecule has 1 unspecified atom stereocenters. The van der Waals surface area contributed by atoms with Crippen molar-refractivity contribution in [2.24, 2.45) is 0 Å². The van der Waals surface area contributed by atoms with Gasteiger partial charge in [-0.25, -0.2) is 0 Å². The number of hydrogen-bond acceptors (Lipinski definition) is 3. The van der Waals surface area contributed by atoms with Gasteiger partial charge in [0.05, 0.1) is 0 Å². The third kappa shape index (κ3) is 2.46. The summed E-state index contributed by atoms with van der Waals surface area (Å²) in [5.74, 6) is -1.84. The van der Waals surface area contributed by atoms with Crippen molar-refractivity contribution in [3.8, 4) is 0 Å². The Labute approximate surface area is 91.4 Å². The molecule has 1 N–H and O–H groups in total. The zero-order chi connectivity index (χ0) is 11.8. The maximum absolute atomic E-state index is 12.0. The van der Waals surface area contributed by atoms with Gasteiger partial charge in [-0.2, -0.15) is 13.2 Å². The van der Waals surface area contributed by atoms with Crippen LogP contribution in [0.2, 0.25) is 0 Å². The molecule has 92 valence electrons. The number of hydrogen-bond donors (Lipinski definition) is 1. The van der Waals surface area contributed by atoms with Crippen LogP contribution in [0.15, 0.2) is 0 Å². The fourth-order valence-corrected chi connectivity index (χ4v) is 2.23. The molecule has 0 aromatic heterocycles. The zero-order valence-corrected chi connectivity index (χ0v) is 8.76. The smallest absolute Gasteiger partial charge is 0.347 e. The molecule has 1 amide bonds. The summed E-state index contributed by atoms with van der Waals surface area (Å²) in [6.07, 6.45) is -4.77. The van der Waals surface area contributed by atoms with Crippen LogP contribution in [0.5, 0.6) is 0 Å². The Morgan fingerprint density at radius 2 is 1.88 bits per heavy atom. The molecule has 3 rings (SSSR count). The van der Waals surface area contributed by atoms with Gasteiger partial charge in [-0.3, -0.25) is 14.6 Å². The van der Waals surface area contributed by atoms with Gasteiger partial charge in [0.2, 0.25) is 0 Å². The van der Waals surface area contributed by atoms with E-state index in [1.165, 1.54) is 0 Å². The number of rotatable bonds is 2. The highest BCUT2D eigenvalue weighted by Crippen LogP contribution is 2.17. The van der Waals surface area contributed by atoms with E-state index >= 15 is 0 Å².